The summed E-state index contributed by atoms with van der Waals surface area (Å²) in [4.78, 5) is 16.6. The quantitative estimate of drug-likeness (QED) is 0.850. The number of β-amino-alcohol motifs (C(OH)–C–C–N with tert-alkyl or cyclic N) is 1. The van der Waals surface area contributed by atoms with Crippen LogP contribution in [-0.4, -0.2) is 58.8 Å². The highest BCUT2D eigenvalue weighted by Crippen LogP contribution is 2.37. The van der Waals surface area contributed by atoms with Gasteiger partial charge in [-0.05, 0) is 6.07 Å². The number of pyridine rings is 1. The molecule has 2 heterocycles. The molecular weight excluding hydrogens is 327 g/mol. The third kappa shape index (κ3) is 3.87. The fourth-order valence-corrected chi connectivity index (χ4v) is 2.12. The van der Waals surface area contributed by atoms with Crippen molar-refractivity contribution in [3.63, 3.8) is 0 Å². The first kappa shape index (κ1) is 17.4. The summed E-state index contributed by atoms with van der Waals surface area (Å²) < 4.78 is 67.0. The van der Waals surface area contributed by atoms with Gasteiger partial charge in [0.15, 0.2) is 12.2 Å². The zero-order valence-corrected chi connectivity index (χ0v) is 11.7. The number of carbonyl (C=O) groups excluding carboxylic acids is 1. The number of nitrogens with zero attached hydrogens (tertiary/aromatic N) is 2. The molecule has 1 N–H and O–H groups in total. The van der Waals surface area contributed by atoms with E-state index in [0.29, 0.717) is 0 Å². The Morgan fingerprint density at radius 2 is 2.13 bits per heavy atom. The summed E-state index contributed by atoms with van der Waals surface area (Å²) in [5.41, 5.74) is -3.20. The lowest BCUT2D eigenvalue weighted by Crippen LogP contribution is -2.48. The van der Waals surface area contributed by atoms with E-state index in [-0.39, 0.29) is 18.1 Å². The van der Waals surface area contributed by atoms with Gasteiger partial charge in [-0.25, -0.2) is 13.8 Å². The maximum atomic E-state index is 12.7. The Balaban J connectivity index is 2.08. The molecule has 1 saturated heterocycles. The molecule has 128 valence electrons. The van der Waals surface area contributed by atoms with Gasteiger partial charge in [0.25, 0.3) is 12.3 Å². The lowest BCUT2D eigenvalue weighted by atomic mass is 10.0. The first-order valence-corrected chi connectivity index (χ1v) is 6.59. The molecule has 1 aromatic heterocycles. The molecule has 0 unspecified atom stereocenters. The van der Waals surface area contributed by atoms with Crippen LogP contribution in [0.2, 0.25) is 0 Å². The number of aromatic nitrogens is 1. The van der Waals surface area contributed by atoms with Gasteiger partial charge in [0.1, 0.15) is 5.69 Å². The zero-order chi connectivity index (χ0) is 17.3. The minimum absolute atomic E-state index is 0.235. The van der Waals surface area contributed by atoms with Crippen molar-refractivity contribution in [2.75, 3.05) is 19.7 Å². The van der Waals surface area contributed by atoms with Gasteiger partial charge in [-0.15, -0.1) is 0 Å². The lowest BCUT2D eigenvalue weighted by Gasteiger charge is -2.25. The number of carbonyl (C=O) groups is 1. The third-order valence-corrected chi connectivity index (χ3v) is 3.36. The molecule has 23 heavy (non-hydrogen) atoms. The fourth-order valence-electron chi connectivity index (χ4n) is 2.12. The van der Waals surface area contributed by atoms with Crippen LogP contribution >= 0.6 is 0 Å². The largest absolute Gasteiger partial charge is 0.472 e. The van der Waals surface area contributed by atoms with Gasteiger partial charge < -0.3 is 14.7 Å². The van der Waals surface area contributed by atoms with Crippen molar-refractivity contribution in [3.05, 3.63) is 23.9 Å². The monoisotopic (exact) mass is 340 g/mol. The van der Waals surface area contributed by atoms with Crippen molar-refractivity contribution < 1.29 is 36.6 Å². The topological polar surface area (TPSA) is 62.7 Å². The molecule has 1 amide bonds. The van der Waals surface area contributed by atoms with E-state index in [4.69, 9.17) is 0 Å². The summed E-state index contributed by atoms with van der Waals surface area (Å²) >= 11 is 0. The number of hydrogen-bond donors (Lipinski definition) is 1. The fraction of sp³-hybridized carbons (Fsp3) is 0.538. The van der Waals surface area contributed by atoms with E-state index in [1.54, 1.807) is 0 Å². The number of halogens is 5. The Hall–Kier alpha value is -1.97. The normalized spacial score (nSPS) is 21.8. The van der Waals surface area contributed by atoms with Crippen molar-refractivity contribution in [2.45, 2.75) is 24.6 Å². The van der Waals surface area contributed by atoms with Crippen molar-refractivity contribution in [3.8, 4) is 5.88 Å². The average Bonchev–Trinajstić information content (AvgIpc) is 2.88. The molecule has 1 aromatic rings. The smallest absolute Gasteiger partial charge is 0.419 e. The predicted molar refractivity (Wildman–Crippen MR) is 67.3 cm³/mol. The van der Waals surface area contributed by atoms with Gasteiger partial charge in [-0.2, -0.15) is 13.2 Å². The first-order chi connectivity index (χ1) is 10.6. The van der Waals surface area contributed by atoms with Crippen LogP contribution in [0.15, 0.2) is 18.2 Å². The molecule has 2 rings (SSSR count). The van der Waals surface area contributed by atoms with Gasteiger partial charge in [0.2, 0.25) is 5.88 Å². The van der Waals surface area contributed by atoms with Gasteiger partial charge in [-0.1, -0.05) is 6.07 Å². The number of alkyl halides is 5. The maximum absolute atomic E-state index is 12.7. The molecule has 10 heteroatoms. The number of likely N-dealkylation sites (tertiary alicyclic amines) is 1. The van der Waals surface area contributed by atoms with Crippen LogP contribution in [0, 0.1) is 0 Å². The van der Waals surface area contributed by atoms with E-state index in [1.165, 1.54) is 18.2 Å². The van der Waals surface area contributed by atoms with Gasteiger partial charge >= 0.3 is 6.18 Å². The van der Waals surface area contributed by atoms with E-state index < -0.39 is 43.7 Å². The van der Waals surface area contributed by atoms with Crippen LogP contribution in [0.5, 0.6) is 5.88 Å². The summed E-state index contributed by atoms with van der Waals surface area (Å²) in [6, 6.07) is 3.78. The van der Waals surface area contributed by atoms with Gasteiger partial charge in [0, 0.05) is 19.0 Å². The number of aliphatic hydroxyl groups is 1. The second kappa shape index (κ2) is 6.26. The molecular formula is C13H13F5N2O3. The molecule has 1 fully saturated rings. The second-order valence-corrected chi connectivity index (χ2v) is 5.07. The van der Waals surface area contributed by atoms with Crippen LogP contribution < -0.4 is 4.74 Å². The zero-order valence-electron chi connectivity index (χ0n) is 11.7. The van der Waals surface area contributed by atoms with Crippen LogP contribution in [0.1, 0.15) is 16.9 Å². The number of hydrogen-bond acceptors (Lipinski definition) is 4. The number of rotatable bonds is 4. The average molecular weight is 340 g/mol. The summed E-state index contributed by atoms with van der Waals surface area (Å²) in [5.74, 6) is -1.07. The van der Waals surface area contributed by atoms with Crippen molar-refractivity contribution >= 4 is 5.91 Å². The molecule has 0 aromatic carbocycles. The third-order valence-electron chi connectivity index (χ3n) is 3.36. The second-order valence-electron chi connectivity index (χ2n) is 5.07. The minimum atomic E-state index is -4.85. The van der Waals surface area contributed by atoms with E-state index in [0.717, 1.165) is 4.90 Å². The highest BCUT2D eigenvalue weighted by Gasteiger charge is 2.57. The standard InChI is InChI=1S/C13H13F5N2O3/c14-9(15)6-23-10-3-1-2-8(19-10)11(21)20-5-4-12(22,7-20)13(16,17)18/h1-3,9,22H,4-7H2/t12-/m0/s1. The highest BCUT2D eigenvalue weighted by atomic mass is 19.4. The highest BCUT2D eigenvalue weighted by molar-refractivity contribution is 5.92. The Kier molecular flexibility index (Phi) is 4.73. The lowest BCUT2D eigenvalue weighted by molar-refractivity contribution is -0.253. The summed E-state index contributed by atoms with van der Waals surface area (Å²) in [6.45, 7) is -2.11. The van der Waals surface area contributed by atoms with Crippen molar-refractivity contribution in [1.82, 2.24) is 9.88 Å². The maximum Gasteiger partial charge on any atom is 0.419 e. The van der Waals surface area contributed by atoms with Crippen LogP contribution in [-0.2, 0) is 0 Å². The molecule has 1 atom stereocenters. The summed E-state index contributed by atoms with van der Waals surface area (Å²) in [6.07, 6.45) is -8.21. The van der Waals surface area contributed by atoms with Gasteiger partial charge in [0.05, 0.1) is 6.54 Å². The molecule has 0 saturated carbocycles. The molecule has 1 aliphatic heterocycles. The molecule has 1 aliphatic rings. The number of ether oxygens (including phenoxy) is 1. The molecule has 5 nitrogen and oxygen atoms in total. The van der Waals surface area contributed by atoms with Crippen molar-refractivity contribution in [2.24, 2.45) is 0 Å². The van der Waals surface area contributed by atoms with Crippen LogP contribution in [0.25, 0.3) is 0 Å². The molecule has 0 radical (unpaired) electrons. The van der Waals surface area contributed by atoms with Crippen molar-refractivity contribution in [1.29, 1.82) is 0 Å². The summed E-state index contributed by atoms with van der Waals surface area (Å²) in [5, 5.41) is 9.55. The molecule has 0 bridgehead atoms. The number of amides is 1. The summed E-state index contributed by atoms with van der Waals surface area (Å²) in [7, 11) is 0. The van der Waals surface area contributed by atoms with E-state index in [1.807, 2.05) is 0 Å². The van der Waals surface area contributed by atoms with Crippen LogP contribution in [0.4, 0.5) is 22.0 Å². The van der Waals surface area contributed by atoms with E-state index in [2.05, 4.69) is 9.72 Å². The van der Waals surface area contributed by atoms with E-state index >= 15 is 0 Å². The molecule has 0 aliphatic carbocycles. The SMILES string of the molecule is O=C(c1cccc(OCC(F)F)n1)N1CC[C@@](O)(C(F)(F)F)C1. The van der Waals surface area contributed by atoms with Gasteiger partial charge in [-0.3, -0.25) is 4.79 Å². The Bertz CT molecular complexity index is 581. The Morgan fingerprint density at radius 1 is 1.43 bits per heavy atom. The minimum Gasteiger partial charge on any atom is -0.472 e. The molecule has 0 spiro atoms. The Labute approximate surface area is 127 Å². The first-order valence-electron chi connectivity index (χ1n) is 6.59. The van der Waals surface area contributed by atoms with E-state index in [9.17, 15) is 31.9 Å². The Morgan fingerprint density at radius 3 is 2.70 bits per heavy atom. The predicted octanol–water partition coefficient (Wildman–Crippen LogP) is 1.86. The van der Waals surface area contributed by atoms with Crippen LogP contribution in [0.3, 0.4) is 0 Å².